The van der Waals surface area contributed by atoms with Crippen LogP contribution >= 0.6 is 0 Å². The maximum absolute atomic E-state index is 13.4. The fourth-order valence-electron chi connectivity index (χ4n) is 4.27. The molecule has 2 heterocycles. The summed E-state index contributed by atoms with van der Waals surface area (Å²) in [4.78, 5) is 15.5. The van der Waals surface area contributed by atoms with Gasteiger partial charge in [-0.25, -0.2) is 8.42 Å². The van der Waals surface area contributed by atoms with Crippen LogP contribution in [0.25, 0.3) is 5.69 Å². The van der Waals surface area contributed by atoms with Gasteiger partial charge in [0.15, 0.2) is 0 Å². The van der Waals surface area contributed by atoms with Gasteiger partial charge in [0.25, 0.3) is 0 Å². The highest BCUT2D eigenvalue weighted by molar-refractivity contribution is 7.89. The molecule has 1 aliphatic heterocycles. The molecule has 8 nitrogen and oxygen atoms in total. The van der Waals surface area contributed by atoms with Crippen LogP contribution in [0.3, 0.4) is 0 Å². The molecule has 4 rings (SSSR count). The lowest BCUT2D eigenvalue weighted by molar-refractivity contribution is 0.205. The van der Waals surface area contributed by atoms with E-state index in [1.807, 2.05) is 36.1 Å². The van der Waals surface area contributed by atoms with E-state index in [9.17, 15) is 13.2 Å². The van der Waals surface area contributed by atoms with Crippen molar-refractivity contribution in [2.75, 3.05) is 36.8 Å². The Hall–Kier alpha value is -2.39. The fourth-order valence-corrected chi connectivity index (χ4v) is 5.36. The van der Waals surface area contributed by atoms with Crippen molar-refractivity contribution in [2.24, 2.45) is 0 Å². The van der Waals surface area contributed by atoms with Crippen molar-refractivity contribution < 1.29 is 13.2 Å². The van der Waals surface area contributed by atoms with Gasteiger partial charge in [-0.1, -0.05) is 12.1 Å². The standard InChI is InChI=1S/C22H30N4O4S/c1-3-31(28,29)25-13-11-24(12-14-25)20-16-23-26(18-8-6-7-17(2)15-18)22(27)21(20)30-19-9-4-5-10-19/h6-8,15-16,19H,3-5,9-14H2,1-2H3. The van der Waals surface area contributed by atoms with Crippen molar-refractivity contribution in [1.82, 2.24) is 14.1 Å². The first-order chi connectivity index (χ1) is 14.9. The molecule has 2 fully saturated rings. The van der Waals surface area contributed by atoms with Crippen LogP contribution in [-0.2, 0) is 10.0 Å². The van der Waals surface area contributed by atoms with Gasteiger partial charge in [-0.05, 0) is 57.2 Å². The van der Waals surface area contributed by atoms with Crippen molar-refractivity contribution in [3.05, 3.63) is 46.4 Å². The van der Waals surface area contributed by atoms with E-state index < -0.39 is 10.0 Å². The number of aromatic nitrogens is 2. The summed E-state index contributed by atoms with van der Waals surface area (Å²) in [5.41, 5.74) is 2.11. The second kappa shape index (κ2) is 9.00. The number of aryl methyl sites for hydroxylation is 1. The quantitative estimate of drug-likeness (QED) is 0.677. The normalized spacial score (nSPS) is 18.5. The van der Waals surface area contributed by atoms with E-state index in [2.05, 4.69) is 5.10 Å². The van der Waals surface area contributed by atoms with Crippen LogP contribution in [0.5, 0.6) is 5.75 Å². The predicted octanol–water partition coefficient (Wildman–Crippen LogP) is 2.33. The van der Waals surface area contributed by atoms with Crippen LogP contribution in [-0.4, -0.2) is 60.5 Å². The van der Waals surface area contributed by atoms with Crippen molar-refractivity contribution in [1.29, 1.82) is 0 Å². The monoisotopic (exact) mass is 446 g/mol. The molecule has 1 saturated carbocycles. The van der Waals surface area contributed by atoms with Crippen LogP contribution in [0.1, 0.15) is 38.2 Å². The minimum atomic E-state index is -3.22. The largest absolute Gasteiger partial charge is 0.483 e. The van der Waals surface area contributed by atoms with Gasteiger partial charge in [0.05, 0.1) is 23.7 Å². The summed E-state index contributed by atoms with van der Waals surface area (Å²) in [6.07, 6.45) is 5.79. The first-order valence-corrected chi connectivity index (χ1v) is 12.6. The molecule has 1 aromatic carbocycles. The van der Waals surface area contributed by atoms with Gasteiger partial charge in [-0.15, -0.1) is 0 Å². The van der Waals surface area contributed by atoms with E-state index in [0.29, 0.717) is 43.3 Å². The minimum Gasteiger partial charge on any atom is -0.483 e. The molecule has 0 amide bonds. The van der Waals surface area contributed by atoms with Gasteiger partial charge in [0.1, 0.15) is 5.69 Å². The first-order valence-electron chi connectivity index (χ1n) is 11.0. The second-order valence-electron chi connectivity index (χ2n) is 8.23. The average Bonchev–Trinajstić information content (AvgIpc) is 3.28. The molecular formula is C22H30N4O4S. The highest BCUT2D eigenvalue weighted by Gasteiger charge is 2.29. The Balaban J connectivity index is 1.67. The Morgan fingerprint density at radius 1 is 1.13 bits per heavy atom. The summed E-state index contributed by atoms with van der Waals surface area (Å²) in [6.45, 7) is 5.40. The number of ether oxygens (including phenoxy) is 1. The molecule has 0 bridgehead atoms. The number of rotatable bonds is 6. The van der Waals surface area contributed by atoms with Crippen LogP contribution in [0.2, 0.25) is 0 Å². The highest BCUT2D eigenvalue weighted by atomic mass is 32.2. The average molecular weight is 447 g/mol. The van der Waals surface area contributed by atoms with Gasteiger partial charge in [0, 0.05) is 26.2 Å². The number of anilines is 1. The molecule has 1 aromatic heterocycles. The van der Waals surface area contributed by atoms with Crippen molar-refractivity contribution in [2.45, 2.75) is 45.6 Å². The Morgan fingerprint density at radius 3 is 2.48 bits per heavy atom. The first kappa shape index (κ1) is 21.8. The van der Waals surface area contributed by atoms with Gasteiger partial charge in [-0.3, -0.25) is 4.79 Å². The molecule has 1 aliphatic carbocycles. The van der Waals surface area contributed by atoms with Crippen LogP contribution in [0.4, 0.5) is 5.69 Å². The van der Waals surface area contributed by atoms with Crippen LogP contribution in [0.15, 0.2) is 35.3 Å². The van der Waals surface area contributed by atoms with Gasteiger partial charge < -0.3 is 9.64 Å². The molecule has 2 aliphatic rings. The molecule has 0 unspecified atom stereocenters. The zero-order chi connectivity index (χ0) is 22.0. The van der Waals surface area contributed by atoms with Crippen molar-refractivity contribution in [3.63, 3.8) is 0 Å². The van der Waals surface area contributed by atoms with Gasteiger partial charge >= 0.3 is 5.56 Å². The fraction of sp³-hybridized carbons (Fsp3) is 0.545. The number of hydrogen-bond donors (Lipinski definition) is 0. The molecular weight excluding hydrogens is 416 g/mol. The third-order valence-electron chi connectivity index (χ3n) is 6.09. The molecule has 31 heavy (non-hydrogen) atoms. The van der Waals surface area contributed by atoms with E-state index in [1.54, 1.807) is 13.1 Å². The van der Waals surface area contributed by atoms with Crippen LogP contribution < -0.4 is 15.2 Å². The van der Waals surface area contributed by atoms with Gasteiger partial charge in [0.2, 0.25) is 15.8 Å². The topological polar surface area (TPSA) is 84.7 Å². The molecule has 0 radical (unpaired) electrons. The number of piperazine rings is 1. The van der Waals surface area contributed by atoms with E-state index in [0.717, 1.165) is 31.2 Å². The Labute approximate surface area is 183 Å². The molecule has 9 heteroatoms. The zero-order valence-corrected chi connectivity index (χ0v) is 19.0. The summed E-state index contributed by atoms with van der Waals surface area (Å²) < 4.78 is 33.5. The maximum atomic E-state index is 13.4. The Bertz CT molecular complexity index is 1080. The number of nitrogens with zero attached hydrogens (tertiary/aromatic N) is 4. The third-order valence-corrected chi connectivity index (χ3v) is 7.97. The number of hydrogen-bond acceptors (Lipinski definition) is 6. The summed E-state index contributed by atoms with van der Waals surface area (Å²) >= 11 is 0. The minimum absolute atomic E-state index is 0.0292. The van der Waals surface area contributed by atoms with Crippen LogP contribution in [0, 0.1) is 6.92 Å². The summed E-state index contributed by atoms with van der Waals surface area (Å²) in [7, 11) is -3.22. The Kier molecular flexibility index (Phi) is 6.34. The lowest BCUT2D eigenvalue weighted by Crippen LogP contribution is -2.49. The lowest BCUT2D eigenvalue weighted by atomic mass is 10.2. The van der Waals surface area contributed by atoms with Crippen molar-refractivity contribution in [3.8, 4) is 11.4 Å². The second-order valence-corrected chi connectivity index (χ2v) is 10.5. The zero-order valence-electron chi connectivity index (χ0n) is 18.2. The smallest absolute Gasteiger partial charge is 0.316 e. The van der Waals surface area contributed by atoms with E-state index >= 15 is 0 Å². The number of benzene rings is 1. The molecule has 1 saturated heterocycles. The van der Waals surface area contributed by atoms with E-state index in [-0.39, 0.29) is 17.4 Å². The summed E-state index contributed by atoms with van der Waals surface area (Å²) in [6, 6.07) is 7.65. The SMILES string of the molecule is CCS(=O)(=O)N1CCN(c2cnn(-c3cccc(C)c3)c(=O)c2OC2CCCC2)CC1. The van der Waals surface area contributed by atoms with E-state index in [4.69, 9.17) is 4.74 Å². The third kappa shape index (κ3) is 4.62. The molecule has 0 N–H and O–H groups in total. The summed E-state index contributed by atoms with van der Waals surface area (Å²) in [5, 5.41) is 4.43. The van der Waals surface area contributed by atoms with Crippen molar-refractivity contribution >= 4 is 15.7 Å². The maximum Gasteiger partial charge on any atom is 0.316 e. The Morgan fingerprint density at radius 2 is 1.84 bits per heavy atom. The molecule has 0 atom stereocenters. The molecule has 2 aromatic rings. The molecule has 168 valence electrons. The molecule has 0 spiro atoms. The number of sulfonamides is 1. The predicted molar refractivity (Wildman–Crippen MR) is 121 cm³/mol. The van der Waals surface area contributed by atoms with E-state index in [1.165, 1.54) is 8.99 Å². The highest BCUT2D eigenvalue weighted by Crippen LogP contribution is 2.30. The summed E-state index contributed by atoms with van der Waals surface area (Å²) in [5.74, 6) is 0.409. The van der Waals surface area contributed by atoms with Gasteiger partial charge in [-0.2, -0.15) is 14.1 Å². The lowest BCUT2D eigenvalue weighted by Gasteiger charge is -2.35.